The molecule has 31 heavy (non-hydrogen) atoms. The van der Waals surface area contributed by atoms with E-state index in [0.717, 1.165) is 17.0 Å². The van der Waals surface area contributed by atoms with E-state index in [1.54, 1.807) is 25.2 Å². The molecule has 158 valence electrons. The first kappa shape index (κ1) is 20.7. The second-order valence-corrected chi connectivity index (χ2v) is 7.99. The number of anilines is 1. The molecule has 0 amide bonds. The molecule has 2 heterocycles. The summed E-state index contributed by atoms with van der Waals surface area (Å²) in [4.78, 5) is 29.2. The van der Waals surface area contributed by atoms with Crippen LogP contribution in [0.1, 0.15) is 42.3 Å². The van der Waals surface area contributed by atoms with E-state index in [1.165, 1.54) is 21.9 Å². The molecular weight excluding hydrogens is 412 g/mol. The lowest BCUT2D eigenvalue weighted by atomic mass is 9.97. The van der Waals surface area contributed by atoms with Crippen LogP contribution in [0.3, 0.4) is 0 Å². The fraction of sp³-hybridized carbons (Fsp3) is 0.217. The van der Waals surface area contributed by atoms with Crippen LogP contribution in [-0.4, -0.2) is 27.0 Å². The second-order valence-electron chi connectivity index (χ2n) is 7.01. The number of hydrogen-bond acceptors (Lipinski definition) is 7. The number of carbonyl (C=O) groups is 1. The van der Waals surface area contributed by atoms with Crippen LogP contribution in [-0.2, 0) is 9.53 Å². The van der Waals surface area contributed by atoms with Crippen molar-refractivity contribution in [3.63, 3.8) is 0 Å². The molecule has 0 spiro atoms. The number of nitrogens with zero attached hydrogens (tertiary/aromatic N) is 3. The van der Waals surface area contributed by atoms with E-state index in [-0.39, 0.29) is 28.8 Å². The van der Waals surface area contributed by atoms with Gasteiger partial charge in [-0.2, -0.15) is 14.6 Å². The Balaban J connectivity index is 1.78. The van der Waals surface area contributed by atoms with Crippen molar-refractivity contribution in [3.8, 4) is 0 Å². The molecule has 1 atom stereocenters. The SMILES string of the molecule is CCOC1=CC(=Cc2c(N)n3nc([C@H](CC)c4ccccc4)sc3nc2=O)C=CC1=O. The number of benzene rings is 1. The average Bonchev–Trinajstić information content (AvgIpc) is 3.18. The Labute approximate surface area is 183 Å². The highest BCUT2D eigenvalue weighted by Gasteiger charge is 2.20. The molecule has 0 fully saturated rings. The minimum Gasteiger partial charge on any atom is -0.490 e. The Morgan fingerprint density at radius 2 is 1.97 bits per heavy atom. The van der Waals surface area contributed by atoms with Gasteiger partial charge in [0.25, 0.3) is 5.56 Å². The number of rotatable bonds is 6. The summed E-state index contributed by atoms with van der Waals surface area (Å²) in [7, 11) is 0. The fourth-order valence-electron chi connectivity index (χ4n) is 3.46. The third-order valence-electron chi connectivity index (χ3n) is 4.99. The van der Waals surface area contributed by atoms with Gasteiger partial charge in [0.05, 0.1) is 12.2 Å². The molecule has 0 bridgehead atoms. The first-order chi connectivity index (χ1) is 15.0. The van der Waals surface area contributed by atoms with Gasteiger partial charge in [0.2, 0.25) is 10.7 Å². The summed E-state index contributed by atoms with van der Waals surface area (Å²) in [6.45, 7) is 4.27. The molecular formula is C23H22N4O3S. The van der Waals surface area contributed by atoms with Crippen molar-refractivity contribution >= 4 is 34.0 Å². The Morgan fingerprint density at radius 3 is 2.68 bits per heavy atom. The van der Waals surface area contributed by atoms with Crippen molar-refractivity contribution in [2.24, 2.45) is 0 Å². The third-order valence-corrected chi connectivity index (χ3v) is 6.02. The van der Waals surface area contributed by atoms with Crippen LogP contribution in [0.25, 0.3) is 11.0 Å². The van der Waals surface area contributed by atoms with Gasteiger partial charge in [0, 0.05) is 5.92 Å². The van der Waals surface area contributed by atoms with Crippen molar-refractivity contribution in [2.45, 2.75) is 26.2 Å². The molecule has 0 saturated carbocycles. The predicted octanol–water partition coefficient (Wildman–Crippen LogP) is 3.72. The van der Waals surface area contributed by atoms with Gasteiger partial charge >= 0.3 is 0 Å². The zero-order valence-electron chi connectivity index (χ0n) is 17.2. The molecule has 3 aromatic rings. The summed E-state index contributed by atoms with van der Waals surface area (Å²) in [6.07, 6.45) is 7.08. The van der Waals surface area contributed by atoms with Crippen LogP contribution in [0.15, 0.2) is 64.7 Å². The lowest BCUT2D eigenvalue weighted by molar-refractivity contribution is -0.114. The summed E-state index contributed by atoms with van der Waals surface area (Å²) in [5.74, 6) is 0.319. The third kappa shape index (κ3) is 4.06. The van der Waals surface area contributed by atoms with Gasteiger partial charge < -0.3 is 10.5 Å². The second kappa shape index (κ2) is 8.69. The van der Waals surface area contributed by atoms with E-state index in [1.807, 2.05) is 18.2 Å². The predicted molar refractivity (Wildman–Crippen MR) is 122 cm³/mol. The van der Waals surface area contributed by atoms with Crippen molar-refractivity contribution in [1.82, 2.24) is 14.6 Å². The highest BCUT2D eigenvalue weighted by Crippen LogP contribution is 2.31. The van der Waals surface area contributed by atoms with Gasteiger partial charge in [-0.25, -0.2) is 0 Å². The number of allylic oxidation sites excluding steroid dienone is 4. The first-order valence-corrected chi connectivity index (χ1v) is 10.9. The van der Waals surface area contributed by atoms with Crippen molar-refractivity contribution in [2.75, 3.05) is 12.3 Å². The summed E-state index contributed by atoms with van der Waals surface area (Å²) >= 11 is 1.36. The summed E-state index contributed by atoms with van der Waals surface area (Å²) in [5, 5.41) is 5.52. The largest absolute Gasteiger partial charge is 0.490 e. The number of fused-ring (bicyclic) bond motifs is 1. The van der Waals surface area contributed by atoms with E-state index < -0.39 is 5.56 Å². The molecule has 0 aliphatic heterocycles. The minimum atomic E-state index is -0.440. The van der Waals surface area contributed by atoms with E-state index in [4.69, 9.17) is 10.5 Å². The zero-order chi connectivity index (χ0) is 22.0. The Bertz CT molecular complexity index is 1290. The minimum absolute atomic E-state index is 0.0909. The quantitative estimate of drug-likeness (QED) is 0.635. The molecule has 0 saturated heterocycles. The molecule has 8 heteroatoms. The highest BCUT2D eigenvalue weighted by molar-refractivity contribution is 7.16. The molecule has 2 N–H and O–H groups in total. The molecule has 7 nitrogen and oxygen atoms in total. The van der Waals surface area contributed by atoms with Crippen molar-refractivity contribution < 1.29 is 9.53 Å². The lowest BCUT2D eigenvalue weighted by Gasteiger charge is -2.11. The van der Waals surface area contributed by atoms with Gasteiger partial charge in [-0.05, 0) is 42.7 Å². The number of nitrogen functional groups attached to an aromatic ring is 1. The molecule has 4 rings (SSSR count). The highest BCUT2D eigenvalue weighted by atomic mass is 32.1. The Kier molecular flexibility index (Phi) is 5.81. The van der Waals surface area contributed by atoms with Crippen LogP contribution in [0, 0.1) is 0 Å². The van der Waals surface area contributed by atoms with Crippen LogP contribution in [0.4, 0.5) is 5.82 Å². The normalized spacial score (nSPS) is 16.0. The monoisotopic (exact) mass is 434 g/mol. The van der Waals surface area contributed by atoms with Gasteiger partial charge in [0.15, 0.2) is 5.76 Å². The summed E-state index contributed by atoms with van der Waals surface area (Å²) in [6, 6.07) is 10.1. The van der Waals surface area contributed by atoms with Gasteiger partial charge in [0.1, 0.15) is 10.8 Å². The van der Waals surface area contributed by atoms with Crippen molar-refractivity contribution in [1.29, 1.82) is 0 Å². The standard InChI is InChI=1S/C23H22N4O3S/c1-3-16(15-8-6-5-7-9-15)22-26-27-20(24)17(21(29)25-23(27)31-22)12-14-10-11-18(28)19(13-14)30-4-2/h5-13,16H,3-4,24H2,1-2H3/t16-/m1/s1. The first-order valence-electron chi connectivity index (χ1n) is 10.0. The van der Waals surface area contributed by atoms with E-state index in [9.17, 15) is 9.59 Å². The number of hydrogen-bond donors (Lipinski definition) is 1. The van der Waals surface area contributed by atoms with Crippen LogP contribution in [0.2, 0.25) is 0 Å². The van der Waals surface area contributed by atoms with Crippen LogP contribution in [0.5, 0.6) is 0 Å². The zero-order valence-corrected chi connectivity index (χ0v) is 18.1. The molecule has 0 radical (unpaired) electrons. The maximum absolute atomic E-state index is 12.7. The summed E-state index contributed by atoms with van der Waals surface area (Å²) < 4.78 is 6.87. The van der Waals surface area contributed by atoms with Crippen LogP contribution >= 0.6 is 11.3 Å². The molecule has 0 unspecified atom stereocenters. The maximum atomic E-state index is 12.7. The maximum Gasteiger partial charge on any atom is 0.283 e. The van der Waals surface area contributed by atoms with E-state index >= 15 is 0 Å². The van der Waals surface area contributed by atoms with Gasteiger partial charge in [-0.1, -0.05) is 54.7 Å². The lowest BCUT2D eigenvalue weighted by Crippen LogP contribution is -2.17. The average molecular weight is 435 g/mol. The summed E-state index contributed by atoms with van der Waals surface area (Å²) in [5.41, 5.74) is 7.89. The molecule has 1 aliphatic carbocycles. The fourth-order valence-corrected chi connectivity index (χ4v) is 4.57. The van der Waals surface area contributed by atoms with Gasteiger partial charge in [-0.15, -0.1) is 0 Å². The number of aromatic nitrogens is 3. The number of ketones is 1. The topological polar surface area (TPSA) is 99.6 Å². The number of nitrogens with two attached hydrogens (primary N) is 1. The number of ether oxygens (including phenoxy) is 1. The Hall–Kier alpha value is -3.52. The van der Waals surface area contributed by atoms with Gasteiger partial charge in [-0.3, -0.25) is 9.59 Å². The smallest absolute Gasteiger partial charge is 0.283 e. The molecule has 1 aromatic carbocycles. The van der Waals surface area contributed by atoms with Crippen LogP contribution < -0.4 is 11.3 Å². The van der Waals surface area contributed by atoms with E-state index in [0.29, 0.717) is 17.1 Å². The van der Waals surface area contributed by atoms with E-state index in [2.05, 4.69) is 29.1 Å². The molecule has 2 aromatic heterocycles. The Morgan fingerprint density at radius 1 is 1.19 bits per heavy atom. The molecule has 1 aliphatic rings. The number of carbonyl (C=O) groups excluding carboxylic acids is 1. The van der Waals surface area contributed by atoms with Crippen molar-refractivity contribution in [3.05, 3.63) is 86.4 Å².